The van der Waals surface area contributed by atoms with Crippen LogP contribution in [0.2, 0.25) is 0 Å². The van der Waals surface area contributed by atoms with Crippen molar-refractivity contribution in [1.82, 2.24) is 15.1 Å². The highest BCUT2D eigenvalue weighted by molar-refractivity contribution is 9.10. The van der Waals surface area contributed by atoms with Crippen LogP contribution in [0.25, 0.3) is 0 Å². The molecule has 6 nitrogen and oxygen atoms in total. The molecule has 1 amide bonds. The average molecular weight is 379 g/mol. The molecule has 3 N–H and O–H groups in total. The van der Waals surface area contributed by atoms with Crippen LogP contribution in [-0.2, 0) is 0 Å². The van der Waals surface area contributed by atoms with Crippen LogP contribution in [0.15, 0.2) is 28.9 Å². The Morgan fingerprint density at radius 2 is 2.35 bits per heavy atom. The van der Waals surface area contributed by atoms with E-state index in [-0.39, 0.29) is 17.7 Å². The highest BCUT2D eigenvalue weighted by Crippen LogP contribution is 2.33. The predicted molar refractivity (Wildman–Crippen MR) is 91.9 cm³/mol. The molecule has 3 rings (SSSR count). The van der Waals surface area contributed by atoms with Crippen LogP contribution in [0, 0.1) is 6.92 Å². The van der Waals surface area contributed by atoms with Crippen molar-refractivity contribution in [3.05, 3.63) is 40.1 Å². The molecule has 1 aliphatic rings. The summed E-state index contributed by atoms with van der Waals surface area (Å²) >= 11 is 3.27. The van der Waals surface area contributed by atoms with Gasteiger partial charge in [0.25, 0.3) is 5.91 Å². The summed E-state index contributed by atoms with van der Waals surface area (Å²) in [4.78, 5) is 12.4. The van der Waals surface area contributed by atoms with Crippen LogP contribution in [0.1, 0.15) is 34.9 Å². The van der Waals surface area contributed by atoms with Gasteiger partial charge in [-0.15, -0.1) is 0 Å². The molecule has 1 aliphatic heterocycles. The maximum absolute atomic E-state index is 12.4. The fourth-order valence-corrected chi connectivity index (χ4v) is 3.31. The van der Waals surface area contributed by atoms with Gasteiger partial charge in [0, 0.05) is 12.7 Å². The molecule has 1 unspecified atom stereocenters. The fraction of sp³-hybridized carbons (Fsp3) is 0.375. The quantitative estimate of drug-likeness (QED) is 0.717. The molecule has 2 heterocycles. The van der Waals surface area contributed by atoms with Crippen molar-refractivity contribution in [2.75, 3.05) is 18.4 Å². The highest BCUT2D eigenvalue weighted by Gasteiger charge is 2.18. The first-order valence-corrected chi connectivity index (χ1v) is 8.40. The lowest BCUT2D eigenvalue weighted by Gasteiger charge is -2.22. The number of rotatable bonds is 3. The summed E-state index contributed by atoms with van der Waals surface area (Å²) in [5.41, 5.74) is 1.65. The lowest BCUT2D eigenvalue weighted by Crippen LogP contribution is -2.32. The van der Waals surface area contributed by atoms with Crippen LogP contribution < -0.4 is 10.6 Å². The number of nitrogens with one attached hydrogen (secondary N) is 2. The summed E-state index contributed by atoms with van der Waals surface area (Å²) in [6.07, 6.45) is 4.00. The predicted octanol–water partition coefficient (Wildman–Crippen LogP) is 2.84. The first-order valence-electron chi connectivity index (χ1n) is 7.61. The molecular weight excluding hydrogens is 360 g/mol. The number of aryl methyl sites for hydroxylation is 1. The van der Waals surface area contributed by atoms with Gasteiger partial charge in [-0.3, -0.25) is 9.48 Å². The number of amides is 1. The van der Waals surface area contributed by atoms with Gasteiger partial charge in [-0.2, -0.15) is 5.10 Å². The Labute approximate surface area is 143 Å². The Bertz CT molecular complexity index is 723. The number of nitrogens with zero attached hydrogens (tertiary/aromatic N) is 2. The second kappa shape index (κ2) is 6.72. The van der Waals surface area contributed by atoms with Crippen LogP contribution in [0.3, 0.4) is 0 Å². The summed E-state index contributed by atoms with van der Waals surface area (Å²) in [6.45, 7) is 3.80. The second-order valence-corrected chi connectivity index (χ2v) is 6.63. The summed E-state index contributed by atoms with van der Waals surface area (Å²) in [6, 6.07) is 5.49. The Morgan fingerprint density at radius 1 is 1.52 bits per heavy atom. The number of piperidine rings is 1. The smallest absolute Gasteiger partial charge is 0.276 e. The minimum Gasteiger partial charge on any atom is -0.505 e. The molecule has 0 saturated carbocycles. The van der Waals surface area contributed by atoms with E-state index < -0.39 is 0 Å². The fourth-order valence-electron chi connectivity index (χ4n) is 2.74. The third-order valence-electron chi connectivity index (χ3n) is 3.94. The number of benzene rings is 1. The van der Waals surface area contributed by atoms with Gasteiger partial charge in [0.15, 0.2) is 11.4 Å². The molecule has 0 radical (unpaired) electrons. The Kier molecular flexibility index (Phi) is 4.68. The number of halogens is 1. The van der Waals surface area contributed by atoms with Crippen LogP contribution in [0.4, 0.5) is 5.69 Å². The molecule has 1 atom stereocenters. The minimum atomic E-state index is -0.333. The van der Waals surface area contributed by atoms with Crippen LogP contribution in [0.5, 0.6) is 5.75 Å². The van der Waals surface area contributed by atoms with Crippen molar-refractivity contribution in [3.8, 4) is 5.75 Å². The number of carbonyl (C=O) groups excluding carboxylic acids is 1. The number of anilines is 1. The number of aromatic hydroxyl groups is 1. The van der Waals surface area contributed by atoms with Crippen molar-refractivity contribution in [3.63, 3.8) is 0 Å². The monoisotopic (exact) mass is 378 g/mol. The normalized spacial score (nSPS) is 17.9. The van der Waals surface area contributed by atoms with Gasteiger partial charge < -0.3 is 15.7 Å². The zero-order valence-electron chi connectivity index (χ0n) is 12.8. The van der Waals surface area contributed by atoms with Crippen molar-refractivity contribution in [2.24, 2.45) is 0 Å². The topological polar surface area (TPSA) is 79.2 Å². The summed E-state index contributed by atoms with van der Waals surface area (Å²) in [7, 11) is 0. The molecule has 0 aliphatic carbocycles. The first kappa shape index (κ1) is 16.0. The summed E-state index contributed by atoms with van der Waals surface area (Å²) in [5.74, 6) is -0.319. The lowest BCUT2D eigenvalue weighted by atomic mass is 10.1. The molecular formula is C16H19BrN4O2. The zero-order chi connectivity index (χ0) is 16.4. The first-order chi connectivity index (χ1) is 11.0. The van der Waals surface area contributed by atoms with E-state index in [4.69, 9.17) is 0 Å². The minimum absolute atomic E-state index is 0.0138. The third kappa shape index (κ3) is 3.56. The number of hydrogen-bond acceptors (Lipinski definition) is 4. The molecule has 1 fully saturated rings. The number of phenols is 1. The van der Waals surface area contributed by atoms with E-state index in [1.807, 2.05) is 17.8 Å². The Hall–Kier alpha value is -1.86. The number of carbonyl (C=O) groups is 1. The Morgan fingerprint density at radius 3 is 3.09 bits per heavy atom. The van der Waals surface area contributed by atoms with Gasteiger partial charge >= 0.3 is 0 Å². The molecule has 7 heteroatoms. The van der Waals surface area contributed by atoms with Crippen molar-refractivity contribution in [2.45, 2.75) is 25.8 Å². The molecule has 2 aromatic rings. The highest BCUT2D eigenvalue weighted by atomic mass is 79.9. The Balaban J connectivity index is 1.75. The van der Waals surface area contributed by atoms with Crippen molar-refractivity contribution >= 4 is 27.5 Å². The molecule has 0 bridgehead atoms. The molecule has 23 heavy (non-hydrogen) atoms. The van der Waals surface area contributed by atoms with E-state index >= 15 is 0 Å². The number of phenolic OH excluding ortho intramolecular Hbond substituents is 1. The third-order valence-corrected chi connectivity index (χ3v) is 4.55. The second-order valence-electron chi connectivity index (χ2n) is 5.78. The molecule has 0 spiro atoms. The van der Waals surface area contributed by atoms with Crippen LogP contribution in [-0.4, -0.2) is 33.9 Å². The molecule has 1 aromatic heterocycles. The van der Waals surface area contributed by atoms with Gasteiger partial charge in [-0.1, -0.05) is 0 Å². The maximum Gasteiger partial charge on any atom is 0.276 e. The summed E-state index contributed by atoms with van der Waals surface area (Å²) in [5, 5.41) is 20.5. The van der Waals surface area contributed by atoms with Crippen molar-refractivity contribution < 1.29 is 9.90 Å². The van der Waals surface area contributed by atoms with Gasteiger partial charge in [-0.05, 0) is 66.0 Å². The average Bonchev–Trinajstić information content (AvgIpc) is 3.03. The largest absolute Gasteiger partial charge is 0.505 e. The number of aromatic nitrogens is 2. The van der Waals surface area contributed by atoms with E-state index in [1.54, 1.807) is 18.2 Å². The van der Waals surface area contributed by atoms with E-state index in [9.17, 15) is 9.90 Å². The maximum atomic E-state index is 12.4. The molecule has 122 valence electrons. The standard InChI is InChI=1S/C16H19BrN4O2/c1-10-7-12(17)15(22)14(8-10)19-16(23)13-4-6-21(20-13)11-3-2-5-18-9-11/h4,6-8,11,18,22H,2-3,5,9H2,1H3,(H,19,23). The van der Waals surface area contributed by atoms with Gasteiger partial charge in [0.05, 0.1) is 16.2 Å². The van der Waals surface area contributed by atoms with E-state index in [2.05, 4.69) is 31.7 Å². The number of hydrogen-bond donors (Lipinski definition) is 3. The van der Waals surface area contributed by atoms with Crippen molar-refractivity contribution in [1.29, 1.82) is 0 Å². The van der Waals surface area contributed by atoms with E-state index in [1.165, 1.54) is 0 Å². The van der Waals surface area contributed by atoms with Gasteiger partial charge in [0.1, 0.15) is 0 Å². The van der Waals surface area contributed by atoms with Gasteiger partial charge in [0.2, 0.25) is 0 Å². The van der Waals surface area contributed by atoms with Crippen LogP contribution >= 0.6 is 15.9 Å². The SMILES string of the molecule is Cc1cc(Br)c(O)c(NC(=O)c2ccn(C3CCCNC3)n2)c1. The molecule has 1 aromatic carbocycles. The molecule has 1 saturated heterocycles. The summed E-state index contributed by atoms with van der Waals surface area (Å²) < 4.78 is 2.39. The van der Waals surface area contributed by atoms with E-state index in [0.717, 1.165) is 31.5 Å². The van der Waals surface area contributed by atoms with E-state index in [0.29, 0.717) is 15.9 Å². The van der Waals surface area contributed by atoms with Gasteiger partial charge in [-0.25, -0.2) is 0 Å². The lowest BCUT2D eigenvalue weighted by molar-refractivity contribution is 0.102. The zero-order valence-corrected chi connectivity index (χ0v) is 14.4.